The topological polar surface area (TPSA) is 35.6 Å². The van der Waals surface area contributed by atoms with Crippen LogP contribution in [0.1, 0.15) is 15.9 Å². The minimum absolute atomic E-state index is 0.0245. The molecule has 0 aliphatic carbocycles. The van der Waals surface area contributed by atoms with Crippen LogP contribution in [0.25, 0.3) is 6.08 Å². The monoisotopic (exact) mass is 335 g/mol. The van der Waals surface area contributed by atoms with Gasteiger partial charge in [-0.15, -0.1) is 0 Å². The molecule has 0 bridgehead atoms. The molecule has 130 valence electrons. The van der Waals surface area contributed by atoms with E-state index < -0.39 is 0 Å². The number of nitrogens with zero attached hydrogens (tertiary/aromatic N) is 2. The van der Waals surface area contributed by atoms with Crippen molar-refractivity contribution in [3.63, 3.8) is 0 Å². The number of carbonyl (C=O) groups excluding carboxylic acids is 1. The minimum Gasteiger partial charge on any atom is -0.377 e. The van der Waals surface area contributed by atoms with E-state index in [1.54, 1.807) is 6.08 Å². The number of hydrogen-bond donors (Lipinski definition) is 1. The molecule has 0 aromatic heterocycles. The maximum atomic E-state index is 12.3. The van der Waals surface area contributed by atoms with Crippen LogP contribution < -0.4 is 15.1 Å². The number of benzene rings is 2. The van der Waals surface area contributed by atoms with Crippen LogP contribution in [0.3, 0.4) is 0 Å². The van der Waals surface area contributed by atoms with E-state index in [0.29, 0.717) is 5.56 Å². The molecule has 1 saturated heterocycles. The number of allylic oxidation sites excluding steroid dienone is 1. The standard InChI is InChI=1S/C21H25N3O/c1-23(2)20-16-19(24-14-12-22-13-15-24)10-8-17(20)9-11-21(25)18-6-4-3-5-7-18/h3-11,16,22H,12-15H2,1-2H3. The second-order valence-corrected chi connectivity index (χ2v) is 6.44. The summed E-state index contributed by atoms with van der Waals surface area (Å²) in [5.74, 6) is 0.0245. The van der Waals surface area contributed by atoms with Gasteiger partial charge in [0.1, 0.15) is 0 Å². The predicted molar refractivity (Wildman–Crippen MR) is 106 cm³/mol. The molecule has 0 amide bonds. The molecule has 25 heavy (non-hydrogen) atoms. The molecule has 0 saturated carbocycles. The lowest BCUT2D eigenvalue weighted by Gasteiger charge is -2.30. The van der Waals surface area contributed by atoms with Gasteiger partial charge in [0, 0.05) is 57.2 Å². The van der Waals surface area contributed by atoms with Gasteiger partial charge in [0.15, 0.2) is 5.78 Å². The third kappa shape index (κ3) is 4.28. The quantitative estimate of drug-likeness (QED) is 0.673. The molecule has 0 atom stereocenters. The highest BCUT2D eigenvalue weighted by Crippen LogP contribution is 2.27. The molecule has 3 rings (SSSR count). The lowest BCUT2D eigenvalue weighted by molar-refractivity contribution is 0.104. The maximum absolute atomic E-state index is 12.3. The number of anilines is 2. The summed E-state index contributed by atoms with van der Waals surface area (Å²) in [4.78, 5) is 16.8. The second-order valence-electron chi connectivity index (χ2n) is 6.44. The Hall–Kier alpha value is -2.59. The minimum atomic E-state index is 0.0245. The molecule has 1 aliphatic rings. The molecule has 1 heterocycles. The van der Waals surface area contributed by atoms with Crippen molar-refractivity contribution in [2.24, 2.45) is 0 Å². The molecular weight excluding hydrogens is 310 g/mol. The highest BCUT2D eigenvalue weighted by molar-refractivity contribution is 6.07. The third-order valence-electron chi connectivity index (χ3n) is 4.45. The van der Waals surface area contributed by atoms with Crippen LogP contribution in [0.4, 0.5) is 11.4 Å². The summed E-state index contributed by atoms with van der Waals surface area (Å²) in [6.07, 6.45) is 3.56. The molecule has 1 aliphatic heterocycles. The summed E-state index contributed by atoms with van der Waals surface area (Å²) >= 11 is 0. The molecule has 1 N–H and O–H groups in total. The first-order valence-corrected chi connectivity index (χ1v) is 8.69. The SMILES string of the molecule is CN(C)c1cc(N2CCNCC2)ccc1C=CC(=O)c1ccccc1. The first-order chi connectivity index (χ1) is 12.1. The zero-order valence-corrected chi connectivity index (χ0v) is 14.9. The summed E-state index contributed by atoms with van der Waals surface area (Å²) in [5, 5.41) is 3.38. The lowest BCUT2D eigenvalue weighted by Crippen LogP contribution is -2.43. The van der Waals surface area contributed by atoms with Gasteiger partial charge < -0.3 is 15.1 Å². The van der Waals surface area contributed by atoms with Gasteiger partial charge in [-0.2, -0.15) is 0 Å². The molecule has 0 unspecified atom stereocenters. The third-order valence-corrected chi connectivity index (χ3v) is 4.45. The van der Waals surface area contributed by atoms with Gasteiger partial charge >= 0.3 is 0 Å². The predicted octanol–water partition coefficient (Wildman–Crippen LogP) is 3.06. The summed E-state index contributed by atoms with van der Waals surface area (Å²) in [5.41, 5.74) is 4.11. The van der Waals surface area contributed by atoms with Crippen molar-refractivity contribution < 1.29 is 4.79 Å². The van der Waals surface area contributed by atoms with Gasteiger partial charge in [-0.05, 0) is 29.8 Å². The Labute approximate surface area is 149 Å². The van der Waals surface area contributed by atoms with Gasteiger partial charge in [0.05, 0.1) is 0 Å². The smallest absolute Gasteiger partial charge is 0.185 e. The average Bonchev–Trinajstić information content (AvgIpc) is 2.67. The van der Waals surface area contributed by atoms with Crippen molar-refractivity contribution in [2.75, 3.05) is 50.1 Å². The Kier molecular flexibility index (Phi) is 5.51. The molecule has 4 heteroatoms. The number of carbonyl (C=O) groups is 1. The van der Waals surface area contributed by atoms with Crippen molar-refractivity contribution in [1.82, 2.24) is 5.32 Å². The largest absolute Gasteiger partial charge is 0.377 e. The highest BCUT2D eigenvalue weighted by atomic mass is 16.1. The normalized spacial score (nSPS) is 14.7. The fourth-order valence-electron chi connectivity index (χ4n) is 3.04. The number of nitrogens with one attached hydrogen (secondary N) is 1. The Morgan fingerprint density at radius 3 is 2.48 bits per heavy atom. The van der Waals surface area contributed by atoms with Gasteiger partial charge in [0.25, 0.3) is 0 Å². The van der Waals surface area contributed by atoms with Crippen LogP contribution in [0.15, 0.2) is 54.6 Å². The number of piperazine rings is 1. The Bertz CT molecular complexity index is 747. The average molecular weight is 335 g/mol. The van der Waals surface area contributed by atoms with Crippen molar-refractivity contribution in [3.8, 4) is 0 Å². The molecule has 4 nitrogen and oxygen atoms in total. The summed E-state index contributed by atoms with van der Waals surface area (Å²) in [6, 6.07) is 15.8. The summed E-state index contributed by atoms with van der Waals surface area (Å²) in [7, 11) is 4.07. The van der Waals surface area contributed by atoms with E-state index in [1.807, 2.05) is 50.5 Å². The zero-order valence-electron chi connectivity index (χ0n) is 14.9. The van der Waals surface area contributed by atoms with E-state index in [1.165, 1.54) is 5.69 Å². The van der Waals surface area contributed by atoms with E-state index in [9.17, 15) is 4.79 Å². The van der Waals surface area contributed by atoms with Crippen molar-refractivity contribution in [2.45, 2.75) is 0 Å². The van der Waals surface area contributed by atoms with Crippen molar-refractivity contribution >= 4 is 23.2 Å². The molecular formula is C21H25N3O. The molecule has 1 fully saturated rings. The van der Waals surface area contributed by atoms with Gasteiger partial charge in [-0.1, -0.05) is 36.4 Å². The first kappa shape index (κ1) is 17.2. The Morgan fingerprint density at radius 2 is 1.80 bits per heavy atom. The van der Waals surface area contributed by atoms with E-state index >= 15 is 0 Å². The molecule has 2 aromatic carbocycles. The van der Waals surface area contributed by atoms with E-state index in [0.717, 1.165) is 37.4 Å². The van der Waals surface area contributed by atoms with Crippen LogP contribution in [-0.2, 0) is 0 Å². The lowest BCUT2D eigenvalue weighted by atomic mass is 10.1. The Morgan fingerprint density at radius 1 is 1.08 bits per heavy atom. The highest BCUT2D eigenvalue weighted by Gasteiger charge is 2.13. The van der Waals surface area contributed by atoms with Crippen molar-refractivity contribution in [3.05, 3.63) is 65.7 Å². The first-order valence-electron chi connectivity index (χ1n) is 8.69. The van der Waals surface area contributed by atoms with E-state index in [-0.39, 0.29) is 5.78 Å². The maximum Gasteiger partial charge on any atom is 0.185 e. The van der Waals surface area contributed by atoms with Crippen LogP contribution in [0, 0.1) is 0 Å². The summed E-state index contributed by atoms with van der Waals surface area (Å²) in [6.45, 7) is 4.08. The van der Waals surface area contributed by atoms with Crippen molar-refractivity contribution in [1.29, 1.82) is 0 Å². The molecule has 0 radical (unpaired) electrons. The molecule has 2 aromatic rings. The fraction of sp³-hybridized carbons (Fsp3) is 0.286. The zero-order chi connectivity index (χ0) is 17.6. The number of rotatable bonds is 5. The van der Waals surface area contributed by atoms with E-state index in [4.69, 9.17) is 0 Å². The van der Waals surface area contributed by atoms with Crippen LogP contribution >= 0.6 is 0 Å². The number of ketones is 1. The molecule has 0 spiro atoms. The van der Waals surface area contributed by atoms with E-state index in [2.05, 4.69) is 33.3 Å². The van der Waals surface area contributed by atoms with Crippen LogP contribution in [0.5, 0.6) is 0 Å². The van der Waals surface area contributed by atoms with Crippen LogP contribution in [0.2, 0.25) is 0 Å². The summed E-state index contributed by atoms with van der Waals surface area (Å²) < 4.78 is 0. The van der Waals surface area contributed by atoms with Gasteiger partial charge in [0.2, 0.25) is 0 Å². The van der Waals surface area contributed by atoms with Gasteiger partial charge in [-0.3, -0.25) is 4.79 Å². The van der Waals surface area contributed by atoms with Gasteiger partial charge in [-0.25, -0.2) is 0 Å². The van der Waals surface area contributed by atoms with Crippen LogP contribution in [-0.4, -0.2) is 46.1 Å². The second kappa shape index (κ2) is 7.99. The Balaban J connectivity index is 1.83. The fourth-order valence-corrected chi connectivity index (χ4v) is 3.04. The number of hydrogen-bond acceptors (Lipinski definition) is 4.